The molecule has 0 bridgehead atoms. The van der Waals surface area contributed by atoms with Crippen LogP contribution in [0.4, 0.5) is 0 Å². The number of hydrogen-bond donors (Lipinski definition) is 3. The van der Waals surface area contributed by atoms with E-state index in [-0.39, 0.29) is 30.2 Å². The molecule has 0 heterocycles. The molecule has 0 aliphatic rings. The summed E-state index contributed by atoms with van der Waals surface area (Å²) in [4.78, 5) is 22.3. The molecule has 0 saturated carbocycles. The molecular formula is C11H22N2O3. The molecule has 4 N–H and O–H groups in total. The second-order valence-electron chi connectivity index (χ2n) is 4.73. The minimum atomic E-state index is -0.919. The van der Waals surface area contributed by atoms with Crippen LogP contribution in [0, 0.1) is 11.8 Å². The van der Waals surface area contributed by atoms with Gasteiger partial charge in [0.05, 0.1) is 12.5 Å². The molecule has 1 amide bonds. The smallest absolute Gasteiger partial charge is 0.305 e. The Morgan fingerprint density at radius 2 is 1.69 bits per heavy atom. The largest absolute Gasteiger partial charge is 0.481 e. The predicted molar refractivity (Wildman–Crippen MR) is 61.8 cm³/mol. The molecule has 1 unspecified atom stereocenters. The minimum Gasteiger partial charge on any atom is -0.481 e. The zero-order chi connectivity index (χ0) is 12.9. The Hall–Kier alpha value is -1.10. The monoisotopic (exact) mass is 230 g/mol. The number of carbonyl (C=O) groups is 2. The van der Waals surface area contributed by atoms with E-state index in [0.29, 0.717) is 0 Å². The summed E-state index contributed by atoms with van der Waals surface area (Å²) in [5, 5.41) is 11.4. The van der Waals surface area contributed by atoms with Crippen LogP contribution in [-0.2, 0) is 9.59 Å². The van der Waals surface area contributed by atoms with Gasteiger partial charge in [0.25, 0.3) is 0 Å². The number of amides is 1. The van der Waals surface area contributed by atoms with Crippen LogP contribution in [0.1, 0.15) is 34.1 Å². The molecule has 2 atom stereocenters. The van der Waals surface area contributed by atoms with Gasteiger partial charge < -0.3 is 16.2 Å². The van der Waals surface area contributed by atoms with E-state index < -0.39 is 12.0 Å². The maximum atomic E-state index is 11.7. The molecule has 0 aromatic rings. The van der Waals surface area contributed by atoms with Crippen molar-refractivity contribution in [3.63, 3.8) is 0 Å². The Kier molecular flexibility index (Phi) is 6.03. The first-order valence-electron chi connectivity index (χ1n) is 5.53. The second-order valence-corrected chi connectivity index (χ2v) is 4.73. The van der Waals surface area contributed by atoms with Gasteiger partial charge in [0.2, 0.25) is 5.91 Å². The lowest BCUT2D eigenvalue weighted by Crippen LogP contribution is -2.49. The molecule has 0 radical (unpaired) electrons. The van der Waals surface area contributed by atoms with Crippen molar-refractivity contribution in [1.82, 2.24) is 5.32 Å². The number of aliphatic carboxylic acids is 1. The molecule has 5 nitrogen and oxygen atoms in total. The number of rotatable bonds is 6. The van der Waals surface area contributed by atoms with E-state index in [1.807, 2.05) is 27.7 Å². The Labute approximate surface area is 96.4 Å². The third-order valence-electron chi connectivity index (χ3n) is 2.55. The molecule has 0 fully saturated rings. The van der Waals surface area contributed by atoms with E-state index in [1.54, 1.807) is 0 Å². The Balaban J connectivity index is 4.40. The first kappa shape index (κ1) is 14.9. The Morgan fingerprint density at radius 3 is 2.00 bits per heavy atom. The molecule has 5 heteroatoms. The van der Waals surface area contributed by atoms with Gasteiger partial charge in [-0.3, -0.25) is 9.59 Å². The highest BCUT2D eigenvalue weighted by atomic mass is 16.4. The summed E-state index contributed by atoms with van der Waals surface area (Å²) in [5.41, 5.74) is 5.68. The third-order valence-corrected chi connectivity index (χ3v) is 2.55. The lowest BCUT2D eigenvalue weighted by atomic mass is 9.99. The van der Waals surface area contributed by atoms with Crippen LogP contribution in [0.3, 0.4) is 0 Å². The number of carboxylic acid groups (broad SMARTS) is 1. The lowest BCUT2D eigenvalue weighted by molar-refractivity contribution is -0.138. The first-order chi connectivity index (χ1) is 7.25. The normalized spacial score (nSPS) is 14.9. The fraction of sp³-hybridized carbons (Fsp3) is 0.818. The van der Waals surface area contributed by atoms with Gasteiger partial charge in [0.15, 0.2) is 0 Å². The van der Waals surface area contributed by atoms with Crippen molar-refractivity contribution < 1.29 is 14.7 Å². The topological polar surface area (TPSA) is 92.4 Å². The van der Waals surface area contributed by atoms with Crippen LogP contribution in [0.15, 0.2) is 0 Å². The van der Waals surface area contributed by atoms with Crippen molar-refractivity contribution in [2.75, 3.05) is 0 Å². The van der Waals surface area contributed by atoms with E-state index in [9.17, 15) is 9.59 Å². The van der Waals surface area contributed by atoms with Crippen LogP contribution < -0.4 is 11.1 Å². The minimum absolute atomic E-state index is 0.0395. The fourth-order valence-corrected chi connectivity index (χ4v) is 1.22. The van der Waals surface area contributed by atoms with Crippen molar-refractivity contribution in [3.05, 3.63) is 0 Å². The average molecular weight is 230 g/mol. The van der Waals surface area contributed by atoms with Gasteiger partial charge in [-0.15, -0.1) is 0 Å². The van der Waals surface area contributed by atoms with Gasteiger partial charge >= 0.3 is 5.97 Å². The summed E-state index contributed by atoms with van der Waals surface area (Å²) in [5.74, 6) is -1.09. The summed E-state index contributed by atoms with van der Waals surface area (Å²) < 4.78 is 0. The summed E-state index contributed by atoms with van der Waals surface area (Å²) >= 11 is 0. The van der Waals surface area contributed by atoms with Gasteiger partial charge in [-0.2, -0.15) is 0 Å². The lowest BCUT2D eigenvalue weighted by Gasteiger charge is -2.24. The van der Waals surface area contributed by atoms with Gasteiger partial charge in [-0.05, 0) is 11.8 Å². The van der Waals surface area contributed by atoms with E-state index in [4.69, 9.17) is 10.8 Å². The number of carbonyl (C=O) groups excluding carboxylic acids is 1. The summed E-state index contributed by atoms with van der Waals surface area (Å²) in [6.45, 7) is 7.45. The Morgan fingerprint density at radius 1 is 1.19 bits per heavy atom. The zero-order valence-corrected chi connectivity index (χ0v) is 10.4. The molecule has 0 aromatic heterocycles. The molecule has 0 saturated heterocycles. The maximum absolute atomic E-state index is 11.7. The van der Waals surface area contributed by atoms with Gasteiger partial charge in [0, 0.05) is 6.04 Å². The van der Waals surface area contributed by atoms with Crippen LogP contribution in [-0.4, -0.2) is 29.1 Å². The first-order valence-corrected chi connectivity index (χ1v) is 5.53. The highest BCUT2D eigenvalue weighted by Gasteiger charge is 2.23. The number of nitrogens with two attached hydrogens (primary N) is 1. The quantitative estimate of drug-likeness (QED) is 0.622. The molecule has 94 valence electrons. The molecular weight excluding hydrogens is 208 g/mol. The molecule has 0 rings (SSSR count). The highest BCUT2D eigenvalue weighted by Crippen LogP contribution is 2.07. The fourth-order valence-electron chi connectivity index (χ4n) is 1.22. The third kappa shape index (κ3) is 5.11. The van der Waals surface area contributed by atoms with E-state index >= 15 is 0 Å². The van der Waals surface area contributed by atoms with Gasteiger partial charge in [0.1, 0.15) is 0 Å². The van der Waals surface area contributed by atoms with Crippen LogP contribution >= 0.6 is 0 Å². The number of nitrogens with one attached hydrogen (secondary N) is 1. The summed E-state index contributed by atoms with van der Waals surface area (Å²) in [7, 11) is 0. The standard InChI is InChI=1S/C11H22N2O3/c1-6(2)8(5-9(14)15)13-11(16)10(12)7(3)4/h6-8,10H,5,12H2,1-4H3,(H,13,16)(H,14,15)/t8?,10-/m1/s1. The summed E-state index contributed by atoms with van der Waals surface area (Å²) in [6, 6.07) is -0.954. The van der Waals surface area contributed by atoms with Crippen LogP contribution in [0.5, 0.6) is 0 Å². The van der Waals surface area contributed by atoms with Gasteiger partial charge in [-0.25, -0.2) is 0 Å². The second kappa shape index (κ2) is 6.48. The van der Waals surface area contributed by atoms with Crippen molar-refractivity contribution in [1.29, 1.82) is 0 Å². The molecule has 0 aliphatic heterocycles. The van der Waals surface area contributed by atoms with Crippen LogP contribution in [0.2, 0.25) is 0 Å². The highest BCUT2D eigenvalue weighted by molar-refractivity contribution is 5.82. The molecule has 16 heavy (non-hydrogen) atoms. The molecule has 0 aromatic carbocycles. The number of hydrogen-bond acceptors (Lipinski definition) is 3. The average Bonchev–Trinajstić information content (AvgIpc) is 2.14. The van der Waals surface area contributed by atoms with E-state index in [0.717, 1.165) is 0 Å². The predicted octanol–water partition coefficient (Wildman–Crippen LogP) is 0.585. The molecule has 0 spiro atoms. The van der Waals surface area contributed by atoms with Crippen molar-refractivity contribution >= 4 is 11.9 Å². The maximum Gasteiger partial charge on any atom is 0.305 e. The molecule has 0 aliphatic carbocycles. The van der Waals surface area contributed by atoms with Gasteiger partial charge in [-0.1, -0.05) is 27.7 Å². The summed E-state index contributed by atoms with van der Waals surface area (Å²) in [6.07, 6.45) is -0.0752. The Bertz CT molecular complexity index is 252. The van der Waals surface area contributed by atoms with Crippen molar-refractivity contribution in [3.8, 4) is 0 Å². The van der Waals surface area contributed by atoms with Crippen LogP contribution in [0.25, 0.3) is 0 Å². The van der Waals surface area contributed by atoms with Crippen molar-refractivity contribution in [2.24, 2.45) is 17.6 Å². The SMILES string of the molecule is CC(C)C(CC(=O)O)NC(=O)[C@H](N)C(C)C. The number of carboxylic acids is 1. The van der Waals surface area contributed by atoms with E-state index in [1.165, 1.54) is 0 Å². The zero-order valence-electron chi connectivity index (χ0n) is 10.4. The van der Waals surface area contributed by atoms with E-state index in [2.05, 4.69) is 5.32 Å². The van der Waals surface area contributed by atoms with Crippen molar-refractivity contribution in [2.45, 2.75) is 46.2 Å².